The number of rotatable bonds is 4. The van der Waals surface area contributed by atoms with E-state index in [1.807, 2.05) is 35.0 Å². The van der Waals surface area contributed by atoms with Crippen LogP contribution in [0.15, 0.2) is 53.5 Å². The molecule has 0 fully saturated rings. The van der Waals surface area contributed by atoms with Crippen molar-refractivity contribution in [1.82, 2.24) is 19.4 Å². The van der Waals surface area contributed by atoms with Crippen LogP contribution < -0.4 is 4.74 Å². The van der Waals surface area contributed by atoms with Gasteiger partial charge in [0.2, 0.25) is 0 Å². The maximum atomic E-state index is 13.2. The number of halogens is 1. The smallest absolute Gasteiger partial charge is 0.272 e. The summed E-state index contributed by atoms with van der Waals surface area (Å²) < 4.78 is 12.6. The second-order valence-corrected chi connectivity index (χ2v) is 7.21. The van der Waals surface area contributed by atoms with Gasteiger partial charge >= 0.3 is 0 Å². The summed E-state index contributed by atoms with van der Waals surface area (Å²) in [6.45, 7) is 1.77. The number of methoxy groups -OCH3 is 1. The SMILES string of the molecule is COc1ccc(CN2CCn3cc(-c4ncnc5ccoc45)c(Cl)c3C2=O)cc1. The second-order valence-electron chi connectivity index (χ2n) is 6.83. The molecule has 146 valence electrons. The van der Waals surface area contributed by atoms with Crippen molar-refractivity contribution in [2.24, 2.45) is 0 Å². The van der Waals surface area contributed by atoms with Gasteiger partial charge in [-0.2, -0.15) is 0 Å². The van der Waals surface area contributed by atoms with Crippen molar-refractivity contribution in [2.75, 3.05) is 13.7 Å². The minimum absolute atomic E-state index is 0.104. The molecule has 0 radical (unpaired) electrons. The van der Waals surface area contributed by atoms with E-state index in [4.69, 9.17) is 20.8 Å². The number of carbonyl (C=O) groups is 1. The topological polar surface area (TPSA) is 73.4 Å². The molecule has 3 aromatic heterocycles. The number of nitrogens with zero attached hydrogens (tertiary/aromatic N) is 4. The molecule has 8 heteroatoms. The van der Waals surface area contributed by atoms with Crippen molar-refractivity contribution in [2.45, 2.75) is 13.1 Å². The molecule has 29 heavy (non-hydrogen) atoms. The predicted molar refractivity (Wildman–Crippen MR) is 108 cm³/mol. The summed E-state index contributed by atoms with van der Waals surface area (Å²) in [5, 5.41) is 0.380. The van der Waals surface area contributed by atoms with Gasteiger partial charge in [0.1, 0.15) is 29.0 Å². The zero-order chi connectivity index (χ0) is 20.0. The van der Waals surface area contributed by atoms with Gasteiger partial charge in [-0.3, -0.25) is 4.79 Å². The molecule has 0 unspecified atom stereocenters. The Labute approximate surface area is 171 Å². The largest absolute Gasteiger partial charge is 0.497 e. The van der Waals surface area contributed by atoms with Crippen molar-refractivity contribution in [3.63, 3.8) is 0 Å². The highest BCUT2D eigenvalue weighted by molar-refractivity contribution is 6.36. The van der Waals surface area contributed by atoms with E-state index in [-0.39, 0.29) is 5.91 Å². The molecule has 1 aliphatic heterocycles. The molecule has 0 bridgehead atoms. The van der Waals surface area contributed by atoms with Crippen LogP contribution in [0.2, 0.25) is 5.02 Å². The zero-order valence-electron chi connectivity index (χ0n) is 15.6. The van der Waals surface area contributed by atoms with Crippen LogP contribution in [-0.2, 0) is 13.1 Å². The molecule has 4 heterocycles. The van der Waals surface area contributed by atoms with Crippen molar-refractivity contribution in [3.05, 3.63) is 65.4 Å². The average molecular weight is 409 g/mol. The number of benzene rings is 1. The maximum Gasteiger partial charge on any atom is 0.272 e. The van der Waals surface area contributed by atoms with Crippen LogP contribution in [0.25, 0.3) is 22.4 Å². The van der Waals surface area contributed by atoms with Crippen LogP contribution in [0.5, 0.6) is 5.75 Å². The van der Waals surface area contributed by atoms with Crippen molar-refractivity contribution < 1.29 is 13.9 Å². The average Bonchev–Trinajstić information content (AvgIpc) is 3.35. The molecule has 0 aliphatic carbocycles. The van der Waals surface area contributed by atoms with Crippen LogP contribution in [-0.4, -0.2) is 39.0 Å². The summed E-state index contributed by atoms with van der Waals surface area (Å²) in [6.07, 6.45) is 4.90. The van der Waals surface area contributed by atoms with Gasteiger partial charge in [-0.25, -0.2) is 9.97 Å². The third-order valence-corrected chi connectivity index (χ3v) is 5.53. The number of aromatic nitrogens is 3. The summed E-state index contributed by atoms with van der Waals surface area (Å²) in [6, 6.07) is 9.47. The van der Waals surface area contributed by atoms with Crippen LogP contribution in [0.1, 0.15) is 16.1 Å². The lowest BCUT2D eigenvalue weighted by Crippen LogP contribution is -2.39. The summed E-state index contributed by atoms with van der Waals surface area (Å²) in [7, 11) is 1.63. The molecular formula is C21H17ClN4O3. The maximum absolute atomic E-state index is 13.2. The highest BCUT2D eigenvalue weighted by atomic mass is 35.5. The zero-order valence-corrected chi connectivity index (χ0v) is 16.4. The first-order chi connectivity index (χ1) is 14.2. The molecule has 1 aliphatic rings. The summed E-state index contributed by atoms with van der Waals surface area (Å²) >= 11 is 6.66. The van der Waals surface area contributed by atoms with E-state index in [0.717, 1.165) is 11.3 Å². The van der Waals surface area contributed by atoms with E-state index in [1.54, 1.807) is 24.3 Å². The molecule has 5 rings (SSSR count). The fourth-order valence-corrected chi connectivity index (χ4v) is 3.98. The first-order valence-electron chi connectivity index (χ1n) is 9.15. The van der Waals surface area contributed by atoms with Gasteiger partial charge in [-0.1, -0.05) is 23.7 Å². The van der Waals surface area contributed by atoms with E-state index in [9.17, 15) is 4.79 Å². The minimum atomic E-state index is -0.104. The van der Waals surface area contributed by atoms with Crippen molar-refractivity contribution >= 4 is 28.6 Å². The Morgan fingerprint density at radius 2 is 2.00 bits per heavy atom. The van der Waals surface area contributed by atoms with E-state index in [0.29, 0.717) is 52.7 Å². The highest BCUT2D eigenvalue weighted by Crippen LogP contribution is 2.37. The molecule has 1 amide bonds. The standard InChI is InChI=1S/C21H17ClN4O3/c1-28-14-4-2-13(3-5-14)10-26-8-7-25-11-15(17(22)19(25)21(26)27)18-20-16(6-9-29-20)23-12-24-18/h2-6,9,11-12H,7-8,10H2,1H3. The Morgan fingerprint density at radius 3 is 2.79 bits per heavy atom. The number of hydrogen-bond donors (Lipinski definition) is 0. The Balaban J connectivity index is 1.48. The van der Waals surface area contributed by atoms with Gasteiger partial charge < -0.3 is 18.6 Å². The van der Waals surface area contributed by atoms with E-state index in [2.05, 4.69) is 9.97 Å². The molecule has 0 spiro atoms. The van der Waals surface area contributed by atoms with E-state index >= 15 is 0 Å². The summed E-state index contributed by atoms with van der Waals surface area (Å²) in [4.78, 5) is 23.5. The van der Waals surface area contributed by atoms with Crippen LogP contribution in [0, 0.1) is 0 Å². The Bertz CT molecular complexity index is 1210. The van der Waals surface area contributed by atoms with Gasteiger partial charge in [0, 0.05) is 37.5 Å². The Kier molecular flexibility index (Phi) is 4.24. The third-order valence-electron chi connectivity index (χ3n) is 5.15. The van der Waals surface area contributed by atoms with Gasteiger partial charge in [0.15, 0.2) is 5.58 Å². The first kappa shape index (κ1) is 17.8. The van der Waals surface area contributed by atoms with Crippen molar-refractivity contribution in [3.8, 4) is 17.0 Å². The van der Waals surface area contributed by atoms with Crippen LogP contribution in [0.4, 0.5) is 0 Å². The van der Waals surface area contributed by atoms with Gasteiger partial charge in [0.25, 0.3) is 5.91 Å². The van der Waals surface area contributed by atoms with Crippen LogP contribution in [0.3, 0.4) is 0 Å². The number of fused-ring (bicyclic) bond motifs is 2. The number of furan rings is 1. The molecule has 0 saturated carbocycles. The Hall–Kier alpha value is -3.32. The predicted octanol–water partition coefficient (Wildman–Crippen LogP) is 4.01. The molecule has 7 nitrogen and oxygen atoms in total. The third kappa shape index (κ3) is 2.94. The molecule has 0 atom stereocenters. The molecule has 1 aromatic carbocycles. The van der Waals surface area contributed by atoms with Crippen LogP contribution >= 0.6 is 11.6 Å². The fourth-order valence-electron chi connectivity index (χ4n) is 3.65. The van der Waals surface area contributed by atoms with Crippen molar-refractivity contribution in [1.29, 1.82) is 0 Å². The lowest BCUT2D eigenvalue weighted by Gasteiger charge is -2.28. The second kappa shape index (κ2) is 6.93. The monoisotopic (exact) mass is 408 g/mol. The summed E-state index contributed by atoms with van der Waals surface area (Å²) in [5.41, 5.74) is 4.01. The van der Waals surface area contributed by atoms with E-state index in [1.165, 1.54) is 6.33 Å². The van der Waals surface area contributed by atoms with E-state index < -0.39 is 0 Å². The quantitative estimate of drug-likeness (QED) is 0.510. The minimum Gasteiger partial charge on any atom is -0.497 e. The van der Waals surface area contributed by atoms with Gasteiger partial charge in [-0.15, -0.1) is 0 Å². The summed E-state index contributed by atoms with van der Waals surface area (Å²) in [5.74, 6) is 0.683. The lowest BCUT2D eigenvalue weighted by atomic mass is 10.1. The highest BCUT2D eigenvalue weighted by Gasteiger charge is 2.30. The normalized spacial score (nSPS) is 13.7. The number of hydrogen-bond acceptors (Lipinski definition) is 5. The number of ether oxygens (including phenoxy) is 1. The fraction of sp³-hybridized carbons (Fsp3) is 0.190. The molecule has 4 aromatic rings. The molecule has 0 saturated heterocycles. The number of carbonyl (C=O) groups excluding carboxylic acids is 1. The number of amides is 1. The van der Waals surface area contributed by atoms with Gasteiger partial charge in [-0.05, 0) is 17.7 Å². The lowest BCUT2D eigenvalue weighted by molar-refractivity contribution is 0.0691. The van der Waals surface area contributed by atoms with Gasteiger partial charge in [0.05, 0.1) is 18.4 Å². The first-order valence-corrected chi connectivity index (χ1v) is 9.53. The molecular weight excluding hydrogens is 392 g/mol. The molecule has 0 N–H and O–H groups in total. The Morgan fingerprint density at radius 1 is 1.17 bits per heavy atom.